The summed E-state index contributed by atoms with van der Waals surface area (Å²) in [5, 5.41) is 1.04. The van der Waals surface area contributed by atoms with Gasteiger partial charge >= 0.3 is 0 Å². The number of anilines is 1. The van der Waals surface area contributed by atoms with Crippen LogP contribution in [0.4, 0.5) is 10.2 Å². The van der Waals surface area contributed by atoms with E-state index in [1.165, 1.54) is 17.7 Å². The summed E-state index contributed by atoms with van der Waals surface area (Å²) in [4.78, 5) is 4.55. The molecule has 0 bridgehead atoms. The number of fused-ring (bicyclic) bond motifs is 1. The van der Waals surface area contributed by atoms with Gasteiger partial charge < -0.3 is 5.73 Å². The molecule has 0 aliphatic rings. The number of halogens is 1. The minimum atomic E-state index is -0.257. The van der Waals surface area contributed by atoms with Crippen molar-refractivity contribution in [1.29, 1.82) is 0 Å². The lowest BCUT2D eigenvalue weighted by Gasteiger charge is -2.18. The van der Waals surface area contributed by atoms with E-state index in [0.29, 0.717) is 5.82 Å². The molecule has 0 aliphatic carbocycles. The Morgan fingerprint density at radius 3 is 2.35 bits per heavy atom. The number of nitrogens with zero attached hydrogens (tertiary/aromatic N) is 1. The summed E-state index contributed by atoms with van der Waals surface area (Å²) in [6.45, 7) is 6.66. The highest BCUT2D eigenvalue weighted by atomic mass is 19.1. The Labute approximate surface area is 136 Å². The van der Waals surface area contributed by atoms with Gasteiger partial charge in [-0.1, -0.05) is 45.0 Å². The Morgan fingerprint density at radius 2 is 1.70 bits per heavy atom. The molecule has 0 unspecified atom stereocenters. The second-order valence-corrected chi connectivity index (χ2v) is 7.19. The van der Waals surface area contributed by atoms with Gasteiger partial charge in [0.2, 0.25) is 0 Å². The van der Waals surface area contributed by atoms with Crippen LogP contribution in [0.5, 0.6) is 0 Å². The molecule has 0 saturated heterocycles. The molecule has 0 amide bonds. The SMILES string of the molecule is CC(C)(C)Cc1ccc2cc(-c3ccc(F)cc3)c(N)nc2c1. The maximum atomic E-state index is 13.1. The van der Waals surface area contributed by atoms with E-state index in [4.69, 9.17) is 5.73 Å². The molecule has 3 rings (SSSR count). The summed E-state index contributed by atoms with van der Waals surface area (Å²) in [5.74, 6) is 0.213. The molecule has 0 spiro atoms. The van der Waals surface area contributed by atoms with Crippen LogP contribution in [-0.2, 0) is 6.42 Å². The number of nitrogens with two attached hydrogens (primary N) is 1. The highest BCUT2D eigenvalue weighted by Crippen LogP contribution is 2.30. The summed E-state index contributed by atoms with van der Waals surface area (Å²) in [6, 6.07) is 14.7. The molecule has 1 aromatic heterocycles. The van der Waals surface area contributed by atoms with Crippen LogP contribution in [0.15, 0.2) is 48.5 Å². The first-order chi connectivity index (χ1) is 10.8. The molecule has 0 aliphatic heterocycles. The lowest BCUT2D eigenvalue weighted by molar-refractivity contribution is 0.411. The minimum Gasteiger partial charge on any atom is -0.383 e. The topological polar surface area (TPSA) is 38.9 Å². The van der Waals surface area contributed by atoms with E-state index < -0.39 is 0 Å². The molecule has 3 aromatic rings. The van der Waals surface area contributed by atoms with Crippen LogP contribution in [0.2, 0.25) is 0 Å². The summed E-state index contributed by atoms with van der Waals surface area (Å²) >= 11 is 0. The smallest absolute Gasteiger partial charge is 0.131 e. The molecular formula is C20H21FN2. The zero-order valence-electron chi connectivity index (χ0n) is 13.7. The Hall–Kier alpha value is -2.42. The van der Waals surface area contributed by atoms with Crippen molar-refractivity contribution in [2.75, 3.05) is 5.73 Å². The van der Waals surface area contributed by atoms with Crippen molar-refractivity contribution < 1.29 is 4.39 Å². The molecule has 0 saturated carbocycles. The number of pyridine rings is 1. The van der Waals surface area contributed by atoms with Gasteiger partial charge in [-0.3, -0.25) is 0 Å². The van der Waals surface area contributed by atoms with Crippen molar-refractivity contribution >= 4 is 16.7 Å². The predicted octanol–water partition coefficient (Wildman–Crippen LogP) is 5.21. The van der Waals surface area contributed by atoms with Crippen molar-refractivity contribution in [1.82, 2.24) is 4.98 Å². The summed E-state index contributed by atoms with van der Waals surface area (Å²) < 4.78 is 13.1. The average Bonchev–Trinajstić information content (AvgIpc) is 2.46. The molecular weight excluding hydrogens is 287 g/mol. The van der Waals surface area contributed by atoms with Gasteiger partial charge in [-0.15, -0.1) is 0 Å². The van der Waals surface area contributed by atoms with Gasteiger partial charge in [-0.2, -0.15) is 0 Å². The van der Waals surface area contributed by atoms with E-state index >= 15 is 0 Å². The maximum Gasteiger partial charge on any atom is 0.131 e. The first kappa shape index (κ1) is 15.5. The summed E-state index contributed by atoms with van der Waals surface area (Å²) in [7, 11) is 0. The maximum absolute atomic E-state index is 13.1. The molecule has 0 radical (unpaired) electrons. The van der Waals surface area contributed by atoms with Gasteiger partial charge in [0.1, 0.15) is 11.6 Å². The van der Waals surface area contributed by atoms with Crippen LogP contribution < -0.4 is 5.73 Å². The van der Waals surface area contributed by atoms with E-state index in [2.05, 4.69) is 44.0 Å². The summed E-state index contributed by atoms with van der Waals surface area (Å²) in [6.07, 6.45) is 0.990. The second-order valence-electron chi connectivity index (χ2n) is 7.19. The minimum absolute atomic E-state index is 0.229. The molecule has 0 atom stereocenters. The molecule has 118 valence electrons. The molecule has 2 nitrogen and oxygen atoms in total. The zero-order chi connectivity index (χ0) is 16.6. The number of hydrogen-bond acceptors (Lipinski definition) is 2. The lowest BCUT2D eigenvalue weighted by Crippen LogP contribution is -2.09. The molecule has 0 fully saturated rings. The average molecular weight is 308 g/mol. The lowest BCUT2D eigenvalue weighted by atomic mass is 9.88. The molecule has 2 aromatic carbocycles. The molecule has 2 N–H and O–H groups in total. The van der Waals surface area contributed by atoms with Crippen molar-refractivity contribution in [3.8, 4) is 11.1 Å². The Morgan fingerprint density at radius 1 is 1.00 bits per heavy atom. The largest absolute Gasteiger partial charge is 0.383 e. The van der Waals surface area contributed by atoms with E-state index in [1.807, 2.05) is 6.07 Å². The molecule has 3 heteroatoms. The summed E-state index contributed by atoms with van der Waals surface area (Å²) in [5.41, 5.74) is 10.2. The fourth-order valence-electron chi connectivity index (χ4n) is 2.81. The van der Waals surface area contributed by atoms with Crippen LogP contribution in [0.1, 0.15) is 26.3 Å². The second kappa shape index (κ2) is 5.65. The standard InChI is InChI=1S/C20H21FN2/c1-20(2,3)12-13-4-5-15-11-17(19(22)23-18(15)10-13)14-6-8-16(21)9-7-14/h4-11H,12H2,1-3H3,(H2,22,23). The van der Waals surface area contributed by atoms with Gasteiger partial charge in [0.05, 0.1) is 5.52 Å². The Kier molecular flexibility index (Phi) is 3.80. The molecule has 23 heavy (non-hydrogen) atoms. The van der Waals surface area contributed by atoms with E-state index in [0.717, 1.165) is 28.5 Å². The van der Waals surface area contributed by atoms with Crippen molar-refractivity contribution in [2.45, 2.75) is 27.2 Å². The Balaban J connectivity index is 2.05. The monoisotopic (exact) mass is 308 g/mol. The quantitative estimate of drug-likeness (QED) is 0.705. The van der Waals surface area contributed by atoms with Gasteiger partial charge in [-0.05, 0) is 47.2 Å². The molecule has 1 heterocycles. The van der Waals surface area contributed by atoms with E-state index in [-0.39, 0.29) is 11.2 Å². The number of hydrogen-bond donors (Lipinski definition) is 1. The number of nitrogen functional groups attached to an aromatic ring is 1. The van der Waals surface area contributed by atoms with Crippen molar-refractivity contribution in [3.05, 3.63) is 59.9 Å². The van der Waals surface area contributed by atoms with Crippen LogP contribution in [0.25, 0.3) is 22.0 Å². The number of rotatable bonds is 2. The van der Waals surface area contributed by atoms with Crippen molar-refractivity contribution in [2.24, 2.45) is 5.41 Å². The third-order valence-corrected chi connectivity index (χ3v) is 3.80. The fourth-order valence-corrected chi connectivity index (χ4v) is 2.81. The highest BCUT2D eigenvalue weighted by molar-refractivity contribution is 5.89. The highest BCUT2D eigenvalue weighted by Gasteiger charge is 2.13. The normalized spacial score (nSPS) is 11.8. The van der Waals surface area contributed by atoms with Crippen LogP contribution >= 0.6 is 0 Å². The van der Waals surface area contributed by atoms with Crippen molar-refractivity contribution in [3.63, 3.8) is 0 Å². The first-order valence-electron chi connectivity index (χ1n) is 7.77. The van der Waals surface area contributed by atoms with Gasteiger partial charge in [0, 0.05) is 10.9 Å². The fraction of sp³-hybridized carbons (Fsp3) is 0.250. The van der Waals surface area contributed by atoms with Gasteiger partial charge in [0.25, 0.3) is 0 Å². The predicted molar refractivity (Wildman–Crippen MR) is 94.7 cm³/mol. The van der Waals surface area contributed by atoms with Crippen LogP contribution in [0, 0.1) is 11.2 Å². The van der Waals surface area contributed by atoms with Gasteiger partial charge in [-0.25, -0.2) is 9.37 Å². The van der Waals surface area contributed by atoms with Crippen LogP contribution in [-0.4, -0.2) is 4.98 Å². The van der Waals surface area contributed by atoms with E-state index in [1.54, 1.807) is 12.1 Å². The van der Waals surface area contributed by atoms with Crippen LogP contribution in [0.3, 0.4) is 0 Å². The third-order valence-electron chi connectivity index (χ3n) is 3.80. The number of aromatic nitrogens is 1. The zero-order valence-corrected chi connectivity index (χ0v) is 13.7. The Bertz CT molecular complexity index is 846. The van der Waals surface area contributed by atoms with E-state index in [9.17, 15) is 4.39 Å². The first-order valence-corrected chi connectivity index (χ1v) is 7.77. The third kappa shape index (κ3) is 3.50. The van der Waals surface area contributed by atoms with Gasteiger partial charge in [0.15, 0.2) is 0 Å². The number of benzene rings is 2.